The SMILES string of the molecule is C[C@@H]1CN(c2ccc3c(Cl)nccc3c2)CCN1Cc1ccc(C(C)(C)C)cc1.Cl. The van der Waals surface area contributed by atoms with Gasteiger partial charge in [0.1, 0.15) is 5.15 Å². The molecule has 0 N–H and O–H groups in total. The number of benzene rings is 2. The molecule has 1 aromatic heterocycles. The lowest BCUT2D eigenvalue weighted by Crippen LogP contribution is -2.51. The van der Waals surface area contributed by atoms with Crippen LogP contribution in [0.4, 0.5) is 5.69 Å². The second-order valence-electron chi connectivity index (χ2n) is 9.22. The molecule has 0 amide bonds. The van der Waals surface area contributed by atoms with Crippen LogP contribution in [0, 0.1) is 0 Å². The molecule has 3 nitrogen and oxygen atoms in total. The van der Waals surface area contributed by atoms with Gasteiger partial charge in [-0.25, -0.2) is 4.98 Å². The van der Waals surface area contributed by atoms with Crippen LogP contribution in [0.25, 0.3) is 10.8 Å². The average molecular weight is 444 g/mol. The molecular formula is C25H31Cl2N3. The standard InChI is InChI=1S/C25H30ClN3.ClH/c1-18-16-29(22-9-10-23-20(15-22)11-12-27-24(23)26)14-13-28(18)17-19-5-7-21(8-6-19)25(2,3)4;/h5-12,15,18H,13-14,16-17H2,1-4H3;1H/t18-;/m1./s1. The first-order valence-electron chi connectivity index (χ1n) is 10.4. The average Bonchev–Trinajstić information content (AvgIpc) is 2.69. The largest absolute Gasteiger partial charge is 0.369 e. The second kappa shape index (κ2) is 9.13. The normalized spacial score (nSPS) is 17.8. The number of rotatable bonds is 3. The van der Waals surface area contributed by atoms with Crippen molar-refractivity contribution in [3.8, 4) is 0 Å². The maximum absolute atomic E-state index is 6.22. The Kier molecular flexibility index (Phi) is 6.96. The van der Waals surface area contributed by atoms with Gasteiger partial charge in [-0.05, 0) is 53.1 Å². The van der Waals surface area contributed by atoms with E-state index in [0.29, 0.717) is 11.2 Å². The smallest absolute Gasteiger partial charge is 0.136 e. The first-order valence-corrected chi connectivity index (χ1v) is 10.8. The summed E-state index contributed by atoms with van der Waals surface area (Å²) in [6, 6.07) is 18.2. The molecule has 30 heavy (non-hydrogen) atoms. The Balaban J connectivity index is 0.00000256. The molecule has 1 atom stereocenters. The molecule has 2 heterocycles. The zero-order valence-electron chi connectivity index (χ0n) is 18.2. The maximum Gasteiger partial charge on any atom is 0.136 e. The molecule has 0 aliphatic carbocycles. The van der Waals surface area contributed by atoms with Gasteiger partial charge >= 0.3 is 0 Å². The molecule has 1 aliphatic heterocycles. The highest BCUT2D eigenvalue weighted by Crippen LogP contribution is 2.28. The van der Waals surface area contributed by atoms with Crippen molar-refractivity contribution in [1.82, 2.24) is 9.88 Å². The van der Waals surface area contributed by atoms with E-state index in [2.05, 4.69) is 84.9 Å². The number of anilines is 1. The van der Waals surface area contributed by atoms with E-state index in [1.54, 1.807) is 6.20 Å². The fourth-order valence-corrected chi connectivity index (χ4v) is 4.36. The first-order chi connectivity index (χ1) is 13.8. The third-order valence-corrected chi connectivity index (χ3v) is 6.34. The van der Waals surface area contributed by atoms with E-state index < -0.39 is 0 Å². The van der Waals surface area contributed by atoms with E-state index in [-0.39, 0.29) is 17.8 Å². The summed E-state index contributed by atoms with van der Waals surface area (Å²) in [5.74, 6) is 0. The van der Waals surface area contributed by atoms with Crippen LogP contribution in [0.2, 0.25) is 5.15 Å². The van der Waals surface area contributed by atoms with Crippen LogP contribution < -0.4 is 4.90 Å². The lowest BCUT2D eigenvalue weighted by molar-refractivity contribution is 0.181. The molecule has 0 saturated carbocycles. The van der Waals surface area contributed by atoms with E-state index in [0.717, 1.165) is 37.0 Å². The summed E-state index contributed by atoms with van der Waals surface area (Å²) < 4.78 is 0. The molecule has 0 spiro atoms. The topological polar surface area (TPSA) is 19.4 Å². The Bertz CT molecular complexity index is 995. The van der Waals surface area contributed by atoms with Gasteiger partial charge in [-0.2, -0.15) is 0 Å². The van der Waals surface area contributed by atoms with Gasteiger partial charge in [0, 0.05) is 49.5 Å². The summed E-state index contributed by atoms with van der Waals surface area (Å²) >= 11 is 6.22. The van der Waals surface area contributed by atoms with Gasteiger partial charge in [0.15, 0.2) is 0 Å². The Morgan fingerprint density at radius 2 is 1.77 bits per heavy atom. The van der Waals surface area contributed by atoms with E-state index in [4.69, 9.17) is 11.6 Å². The van der Waals surface area contributed by atoms with Crippen molar-refractivity contribution < 1.29 is 0 Å². The first kappa shape index (κ1) is 22.9. The van der Waals surface area contributed by atoms with Crippen molar-refractivity contribution in [1.29, 1.82) is 0 Å². The second-order valence-corrected chi connectivity index (χ2v) is 9.58. The Labute approximate surface area is 191 Å². The van der Waals surface area contributed by atoms with Crippen LogP contribution in [-0.4, -0.2) is 35.6 Å². The maximum atomic E-state index is 6.22. The van der Waals surface area contributed by atoms with E-state index >= 15 is 0 Å². The van der Waals surface area contributed by atoms with Gasteiger partial charge in [-0.3, -0.25) is 4.90 Å². The Morgan fingerprint density at radius 1 is 1.03 bits per heavy atom. The summed E-state index contributed by atoms with van der Waals surface area (Å²) in [6.45, 7) is 13.3. The van der Waals surface area contributed by atoms with Crippen molar-refractivity contribution in [2.75, 3.05) is 24.5 Å². The summed E-state index contributed by atoms with van der Waals surface area (Å²) in [5.41, 5.74) is 4.26. The van der Waals surface area contributed by atoms with Crippen molar-refractivity contribution in [3.63, 3.8) is 0 Å². The highest BCUT2D eigenvalue weighted by Gasteiger charge is 2.24. The third kappa shape index (κ3) is 4.91. The molecule has 3 aromatic rings. The molecular weight excluding hydrogens is 413 g/mol. The summed E-state index contributed by atoms with van der Waals surface area (Å²) in [5, 5.41) is 2.74. The minimum atomic E-state index is 0. The zero-order chi connectivity index (χ0) is 20.6. The van der Waals surface area contributed by atoms with E-state index in [9.17, 15) is 0 Å². The van der Waals surface area contributed by atoms with Crippen molar-refractivity contribution in [3.05, 3.63) is 71.0 Å². The van der Waals surface area contributed by atoms with Crippen LogP contribution in [0.15, 0.2) is 54.7 Å². The van der Waals surface area contributed by atoms with Crippen molar-refractivity contribution in [2.45, 2.75) is 45.7 Å². The molecule has 2 aromatic carbocycles. The number of hydrogen-bond acceptors (Lipinski definition) is 3. The van der Waals surface area contributed by atoms with Crippen molar-refractivity contribution >= 4 is 40.5 Å². The number of halogens is 2. The number of nitrogens with zero attached hydrogens (tertiary/aromatic N) is 3. The molecule has 0 radical (unpaired) electrons. The molecule has 4 rings (SSSR count). The highest BCUT2D eigenvalue weighted by molar-refractivity contribution is 6.34. The minimum Gasteiger partial charge on any atom is -0.369 e. The van der Waals surface area contributed by atoms with Gasteiger partial charge in [0.05, 0.1) is 0 Å². The van der Waals surface area contributed by atoms with Crippen molar-refractivity contribution in [2.24, 2.45) is 0 Å². The molecule has 1 saturated heterocycles. The van der Waals surface area contributed by atoms with Gasteiger partial charge in [-0.15, -0.1) is 12.4 Å². The molecule has 160 valence electrons. The van der Waals surface area contributed by atoms with Gasteiger partial charge in [0.25, 0.3) is 0 Å². The quantitative estimate of drug-likeness (QED) is 0.441. The van der Waals surface area contributed by atoms with Gasteiger partial charge in [-0.1, -0.05) is 56.6 Å². The number of pyridine rings is 1. The van der Waals surface area contributed by atoms with Gasteiger partial charge < -0.3 is 4.90 Å². The number of hydrogen-bond donors (Lipinski definition) is 0. The van der Waals surface area contributed by atoms with Crippen LogP contribution in [0.1, 0.15) is 38.8 Å². The van der Waals surface area contributed by atoms with Crippen LogP contribution in [0.5, 0.6) is 0 Å². The van der Waals surface area contributed by atoms with Crippen LogP contribution in [-0.2, 0) is 12.0 Å². The fourth-order valence-electron chi connectivity index (χ4n) is 4.13. The highest BCUT2D eigenvalue weighted by atomic mass is 35.5. The molecule has 5 heteroatoms. The monoisotopic (exact) mass is 443 g/mol. The molecule has 1 aliphatic rings. The number of piperazine rings is 1. The minimum absolute atomic E-state index is 0. The zero-order valence-corrected chi connectivity index (χ0v) is 19.8. The lowest BCUT2D eigenvalue weighted by Gasteiger charge is -2.41. The predicted molar refractivity (Wildman–Crippen MR) is 131 cm³/mol. The Hall–Kier alpha value is -1.81. The van der Waals surface area contributed by atoms with Crippen LogP contribution >= 0.6 is 24.0 Å². The van der Waals surface area contributed by atoms with E-state index in [1.165, 1.54) is 16.8 Å². The fraction of sp³-hybridized carbons (Fsp3) is 0.400. The van der Waals surface area contributed by atoms with Crippen LogP contribution in [0.3, 0.4) is 0 Å². The number of aromatic nitrogens is 1. The lowest BCUT2D eigenvalue weighted by atomic mass is 9.86. The Morgan fingerprint density at radius 3 is 2.43 bits per heavy atom. The molecule has 0 bridgehead atoms. The van der Waals surface area contributed by atoms with E-state index in [1.807, 2.05) is 6.07 Å². The summed E-state index contributed by atoms with van der Waals surface area (Å²) in [7, 11) is 0. The number of fused-ring (bicyclic) bond motifs is 1. The molecule has 0 unspecified atom stereocenters. The summed E-state index contributed by atoms with van der Waals surface area (Å²) in [4.78, 5) is 9.25. The summed E-state index contributed by atoms with van der Waals surface area (Å²) in [6.07, 6.45) is 1.78. The molecule has 1 fully saturated rings. The predicted octanol–water partition coefficient (Wildman–Crippen LogP) is 6.32. The third-order valence-electron chi connectivity index (χ3n) is 6.04. The van der Waals surface area contributed by atoms with Gasteiger partial charge in [0.2, 0.25) is 0 Å².